The van der Waals surface area contributed by atoms with Gasteiger partial charge >= 0.3 is 0 Å². The molecule has 1 aliphatic heterocycles. The van der Waals surface area contributed by atoms with Crippen molar-refractivity contribution in [3.8, 4) is 0 Å². The van der Waals surface area contributed by atoms with Gasteiger partial charge < -0.3 is 0 Å². The van der Waals surface area contributed by atoms with E-state index in [9.17, 15) is 9.59 Å². The van der Waals surface area contributed by atoms with Crippen LogP contribution >= 0.6 is 0 Å². The molecule has 0 saturated carbocycles. The van der Waals surface area contributed by atoms with Crippen LogP contribution in [-0.2, 0) is 9.59 Å². The van der Waals surface area contributed by atoms with Crippen molar-refractivity contribution < 1.29 is 9.59 Å². The summed E-state index contributed by atoms with van der Waals surface area (Å²) in [6.07, 6.45) is 2.05. The van der Waals surface area contributed by atoms with Crippen LogP contribution in [0.2, 0.25) is 0 Å². The molecule has 0 aromatic rings. The number of nitrogens with one attached hydrogen (secondary N) is 1. The van der Waals surface area contributed by atoms with Crippen LogP contribution < -0.4 is 5.32 Å². The maximum atomic E-state index is 11.0. The summed E-state index contributed by atoms with van der Waals surface area (Å²) in [5.41, 5.74) is -0.558. The van der Waals surface area contributed by atoms with Crippen LogP contribution in [0.25, 0.3) is 0 Å². The highest BCUT2D eigenvalue weighted by atomic mass is 16.2. The molecule has 1 saturated heterocycles. The first-order valence-corrected chi connectivity index (χ1v) is 3.23. The molecule has 0 aromatic carbocycles. The molecule has 0 aliphatic carbocycles. The quantitative estimate of drug-likeness (QED) is 0.531. The van der Waals surface area contributed by atoms with Gasteiger partial charge in [-0.15, -0.1) is 0 Å². The third-order valence-electron chi connectivity index (χ3n) is 1.94. The largest absolute Gasteiger partial charge is 0.296 e. The minimum absolute atomic E-state index is 0.175. The lowest BCUT2D eigenvalue weighted by Gasteiger charge is -2.14. The summed E-state index contributed by atoms with van der Waals surface area (Å²) in [5, 5.41) is 2.25. The molecule has 1 heterocycles. The van der Waals surface area contributed by atoms with Gasteiger partial charge in [0.05, 0.1) is 5.41 Å². The zero-order valence-electron chi connectivity index (χ0n) is 6.10. The van der Waals surface area contributed by atoms with E-state index in [1.54, 1.807) is 20.3 Å². The molecule has 10 heavy (non-hydrogen) atoms. The Balaban J connectivity index is 2.80. The second-order valence-electron chi connectivity index (χ2n) is 2.76. The van der Waals surface area contributed by atoms with Crippen LogP contribution in [0.5, 0.6) is 0 Å². The maximum Gasteiger partial charge on any atom is 0.233 e. The molecule has 0 bridgehead atoms. The molecule has 1 fully saturated rings. The molecule has 2 amide bonds. The van der Waals surface area contributed by atoms with E-state index >= 15 is 0 Å². The van der Waals surface area contributed by atoms with Gasteiger partial charge in [0.1, 0.15) is 0 Å². The number of carbonyl (C=O) groups is 2. The number of carbonyl (C=O) groups excluding carboxylic acids is 2. The van der Waals surface area contributed by atoms with Crippen molar-refractivity contribution in [1.82, 2.24) is 5.32 Å². The molecule has 55 valence electrons. The van der Waals surface area contributed by atoms with Crippen LogP contribution in [0, 0.1) is 11.8 Å². The van der Waals surface area contributed by atoms with E-state index < -0.39 is 5.41 Å². The maximum absolute atomic E-state index is 11.0. The third-order valence-corrected chi connectivity index (χ3v) is 1.94. The first kappa shape index (κ1) is 7.25. The van der Waals surface area contributed by atoms with Gasteiger partial charge in [-0.25, -0.2) is 0 Å². The predicted molar refractivity (Wildman–Crippen MR) is 35.8 cm³/mol. The van der Waals surface area contributed by atoms with Crippen molar-refractivity contribution in [2.45, 2.75) is 20.3 Å². The van der Waals surface area contributed by atoms with Gasteiger partial charge in [-0.1, -0.05) is 6.92 Å². The molecule has 1 radical (unpaired) electrons. The fourth-order valence-corrected chi connectivity index (χ4v) is 0.961. The Bertz CT molecular complexity index is 188. The second-order valence-corrected chi connectivity index (χ2v) is 2.76. The highest BCUT2D eigenvalue weighted by molar-refractivity contribution is 6.06. The molecule has 3 heteroatoms. The molecule has 0 aromatic heterocycles. The van der Waals surface area contributed by atoms with E-state index in [0.29, 0.717) is 6.42 Å². The number of imide groups is 1. The van der Waals surface area contributed by atoms with Crippen molar-refractivity contribution >= 4 is 11.8 Å². The minimum Gasteiger partial charge on any atom is -0.296 e. The zero-order chi connectivity index (χ0) is 7.78. The molecular weight excluding hydrogens is 130 g/mol. The van der Waals surface area contributed by atoms with Gasteiger partial charge in [-0.05, 0) is 13.3 Å². The summed E-state index contributed by atoms with van der Waals surface area (Å²) in [4.78, 5) is 21.7. The van der Waals surface area contributed by atoms with Gasteiger partial charge in [0.25, 0.3) is 0 Å². The molecule has 1 atom stereocenters. The lowest BCUT2D eigenvalue weighted by Crippen LogP contribution is -2.28. The zero-order valence-corrected chi connectivity index (χ0v) is 6.10. The van der Waals surface area contributed by atoms with Crippen LogP contribution in [0.4, 0.5) is 0 Å². The van der Waals surface area contributed by atoms with Crippen LogP contribution in [0.15, 0.2) is 0 Å². The molecule has 0 spiro atoms. The molecule has 3 nitrogen and oxygen atoms in total. The van der Waals surface area contributed by atoms with Crippen molar-refractivity contribution in [2.75, 3.05) is 0 Å². The van der Waals surface area contributed by atoms with Gasteiger partial charge in [0.15, 0.2) is 0 Å². The number of hydrogen-bond acceptors (Lipinski definition) is 2. The van der Waals surface area contributed by atoms with Gasteiger partial charge in [0.2, 0.25) is 11.8 Å². The van der Waals surface area contributed by atoms with Crippen LogP contribution in [-0.4, -0.2) is 11.8 Å². The Labute approximate surface area is 59.8 Å². The van der Waals surface area contributed by atoms with Crippen molar-refractivity contribution in [1.29, 1.82) is 0 Å². The van der Waals surface area contributed by atoms with E-state index in [1.165, 1.54) is 0 Å². The number of amides is 2. The summed E-state index contributed by atoms with van der Waals surface area (Å²) in [7, 11) is 0. The average Bonchev–Trinajstić information content (AvgIpc) is 2.09. The van der Waals surface area contributed by atoms with Gasteiger partial charge in [-0.2, -0.15) is 0 Å². The van der Waals surface area contributed by atoms with Crippen LogP contribution in [0.1, 0.15) is 20.3 Å². The summed E-state index contributed by atoms with van der Waals surface area (Å²) in [6.45, 7) is 3.55. The van der Waals surface area contributed by atoms with E-state index in [4.69, 9.17) is 0 Å². The van der Waals surface area contributed by atoms with E-state index in [1.807, 2.05) is 0 Å². The highest BCUT2D eigenvalue weighted by Crippen LogP contribution is 2.28. The molecular formula is C7H10NO2. The van der Waals surface area contributed by atoms with E-state index in [0.717, 1.165) is 0 Å². The number of rotatable bonds is 1. The fourth-order valence-electron chi connectivity index (χ4n) is 0.961. The van der Waals surface area contributed by atoms with E-state index in [-0.39, 0.29) is 11.8 Å². The Morgan fingerprint density at radius 1 is 1.60 bits per heavy atom. The summed E-state index contributed by atoms with van der Waals surface area (Å²) in [5.74, 6) is -0.356. The molecule has 1 aliphatic rings. The first-order chi connectivity index (χ1) is 4.58. The molecule has 0 unspecified atom stereocenters. The Kier molecular flexibility index (Phi) is 1.50. The van der Waals surface area contributed by atoms with Crippen LogP contribution in [0.3, 0.4) is 0 Å². The standard InChI is InChI=1S/C7H10NO2/c1-3-7(2)4-5(9)8-6(7)10/h3H,4H2,1-2H3,(H,8,9,10)/t7-/m0/s1. The van der Waals surface area contributed by atoms with Crippen molar-refractivity contribution in [2.24, 2.45) is 5.41 Å². The second kappa shape index (κ2) is 2.08. The van der Waals surface area contributed by atoms with Gasteiger partial charge in [-0.3, -0.25) is 14.9 Å². The lowest BCUT2D eigenvalue weighted by atomic mass is 9.86. The average molecular weight is 140 g/mol. The normalized spacial score (nSPS) is 32.6. The summed E-state index contributed by atoms with van der Waals surface area (Å²) >= 11 is 0. The summed E-state index contributed by atoms with van der Waals surface area (Å²) in [6, 6.07) is 0. The lowest BCUT2D eigenvalue weighted by molar-refractivity contribution is -0.127. The predicted octanol–water partition coefficient (Wildman–Crippen LogP) is 0.263. The topological polar surface area (TPSA) is 46.2 Å². The first-order valence-electron chi connectivity index (χ1n) is 3.23. The minimum atomic E-state index is -0.558. The van der Waals surface area contributed by atoms with Crippen molar-refractivity contribution in [3.63, 3.8) is 0 Å². The van der Waals surface area contributed by atoms with Crippen molar-refractivity contribution in [3.05, 3.63) is 6.42 Å². The SMILES string of the molecule is C[CH][C@@]1(C)CC(=O)NC1=O. The fraction of sp³-hybridized carbons (Fsp3) is 0.571. The molecule has 1 rings (SSSR count). The smallest absolute Gasteiger partial charge is 0.233 e. The third kappa shape index (κ3) is 0.916. The van der Waals surface area contributed by atoms with E-state index in [2.05, 4.69) is 5.32 Å². The Morgan fingerprint density at radius 3 is 2.40 bits per heavy atom. The summed E-state index contributed by atoms with van der Waals surface area (Å²) < 4.78 is 0. The Hall–Kier alpha value is -0.860. The highest BCUT2D eigenvalue weighted by Gasteiger charge is 2.40. The molecule has 1 N–H and O–H groups in total. The monoisotopic (exact) mass is 140 g/mol. The Morgan fingerprint density at radius 2 is 2.20 bits per heavy atom. The van der Waals surface area contributed by atoms with Gasteiger partial charge in [0, 0.05) is 6.42 Å². The number of hydrogen-bond donors (Lipinski definition) is 1.